The van der Waals surface area contributed by atoms with Gasteiger partial charge in [-0.3, -0.25) is 9.59 Å². The number of benzene rings is 1. The van der Waals surface area contributed by atoms with E-state index in [0.29, 0.717) is 6.42 Å². The smallest absolute Gasteiger partial charge is 0.305 e. The quantitative estimate of drug-likeness (QED) is 0.874. The summed E-state index contributed by atoms with van der Waals surface area (Å²) in [6.45, 7) is 5.82. The van der Waals surface area contributed by atoms with E-state index in [2.05, 4.69) is 5.32 Å². The van der Waals surface area contributed by atoms with Crippen LogP contribution in [0.3, 0.4) is 0 Å². The van der Waals surface area contributed by atoms with Gasteiger partial charge in [-0.15, -0.1) is 0 Å². The molecule has 116 valence electrons. The van der Waals surface area contributed by atoms with E-state index in [-0.39, 0.29) is 22.4 Å². The molecule has 0 fully saturated rings. The molecule has 1 rings (SSSR count). The van der Waals surface area contributed by atoms with Crippen molar-refractivity contribution < 1.29 is 19.1 Å². The number of halogens is 2. The van der Waals surface area contributed by atoms with Gasteiger partial charge in [0.1, 0.15) is 0 Å². The highest BCUT2D eigenvalue weighted by Crippen LogP contribution is 2.23. The number of rotatable bonds is 5. The first-order valence-electron chi connectivity index (χ1n) is 6.57. The first kappa shape index (κ1) is 17.4. The Morgan fingerprint density at radius 3 is 2.52 bits per heavy atom. The minimum Gasteiger partial charge on any atom is -0.481 e. The number of carboxylic acids is 1. The van der Waals surface area contributed by atoms with Crippen molar-refractivity contribution in [3.63, 3.8) is 0 Å². The molecule has 0 heterocycles. The van der Waals surface area contributed by atoms with Gasteiger partial charge < -0.3 is 10.4 Å². The molecule has 1 unspecified atom stereocenters. The Morgan fingerprint density at radius 1 is 1.38 bits per heavy atom. The van der Waals surface area contributed by atoms with Crippen molar-refractivity contribution in [2.75, 3.05) is 0 Å². The number of nitrogens with one attached hydrogen (secondary N) is 1. The molecule has 1 aromatic carbocycles. The molecule has 0 aliphatic heterocycles. The first-order chi connectivity index (χ1) is 9.60. The van der Waals surface area contributed by atoms with Crippen LogP contribution in [0.5, 0.6) is 0 Å². The normalized spacial score (nSPS) is 12.8. The van der Waals surface area contributed by atoms with E-state index in [1.165, 1.54) is 18.2 Å². The summed E-state index contributed by atoms with van der Waals surface area (Å²) in [6, 6.07) is 3.55. The number of carboxylic acid groups (broad SMARTS) is 1. The summed E-state index contributed by atoms with van der Waals surface area (Å²) in [5, 5.41) is 11.3. The van der Waals surface area contributed by atoms with Crippen LogP contribution in [0, 0.1) is 11.2 Å². The van der Waals surface area contributed by atoms with Crippen molar-refractivity contribution >= 4 is 23.5 Å². The standard InChI is InChI=1S/C15H19ClFNO3/c1-15(2,3)8-9(7-12(19)20)18-14(21)10-5-4-6-11(16)13(10)17/h4-6,9H,7-8H2,1-3H3,(H,18,21)(H,19,20). The van der Waals surface area contributed by atoms with E-state index in [4.69, 9.17) is 16.7 Å². The molecule has 1 atom stereocenters. The molecule has 0 aromatic heterocycles. The van der Waals surface area contributed by atoms with Crippen molar-refractivity contribution in [1.82, 2.24) is 5.32 Å². The molecule has 21 heavy (non-hydrogen) atoms. The van der Waals surface area contributed by atoms with Gasteiger partial charge in [-0.1, -0.05) is 38.4 Å². The lowest BCUT2D eigenvalue weighted by Crippen LogP contribution is -2.39. The van der Waals surface area contributed by atoms with Gasteiger partial charge in [-0.05, 0) is 24.0 Å². The van der Waals surface area contributed by atoms with Gasteiger partial charge in [-0.25, -0.2) is 4.39 Å². The largest absolute Gasteiger partial charge is 0.481 e. The molecule has 2 N–H and O–H groups in total. The van der Waals surface area contributed by atoms with Crippen LogP contribution < -0.4 is 5.32 Å². The lowest BCUT2D eigenvalue weighted by atomic mass is 9.87. The van der Waals surface area contributed by atoms with Gasteiger partial charge in [0.2, 0.25) is 0 Å². The highest BCUT2D eigenvalue weighted by Gasteiger charge is 2.24. The average Bonchev–Trinajstić information content (AvgIpc) is 2.29. The van der Waals surface area contributed by atoms with E-state index < -0.39 is 23.7 Å². The zero-order valence-electron chi connectivity index (χ0n) is 12.2. The lowest BCUT2D eigenvalue weighted by molar-refractivity contribution is -0.137. The van der Waals surface area contributed by atoms with Gasteiger partial charge in [0.15, 0.2) is 5.82 Å². The van der Waals surface area contributed by atoms with Crippen LogP contribution in [0.15, 0.2) is 18.2 Å². The average molecular weight is 316 g/mol. The molecular formula is C15H19ClFNO3. The molecule has 0 aliphatic carbocycles. The summed E-state index contributed by atoms with van der Waals surface area (Å²) in [5.74, 6) is -2.48. The van der Waals surface area contributed by atoms with Crippen molar-refractivity contribution in [1.29, 1.82) is 0 Å². The summed E-state index contributed by atoms with van der Waals surface area (Å²) < 4.78 is 13.8. The second kappa shape index (κ2) is 6.89. The maximum atomic E-state index is 13.8. The fraction of sp³-hybridized carbons (Fsp3) is 0.467. The lowest BCUT2D eigenvalue weighted by Gasteiger charge is -2.26. The van der Waals surface area contributed by atoms with Gasteiger partial charge in [-0.2, -0.15) is 0 Å². The topological polar surface area (TPSA) is 66.4 Å². The Morgan fingerprint density at radius 2 is 2.00 bits per heavy atom. The van der Waals surface area contributed by atoms with Crippen molar-refractivity contribution in [2.24, 2.45) is 5.41 Å². The molecular weight excluding hydrogens is 297 g/mol. The fourth-order valence-corrected chi connectivity index (χ4v) is 2.24. The SMILES string of the molecule is CC(C)(C)CC(CC(=O)O)NC(=O)c1cccc(Cl)c1F. The van der Waals surface area contributed by atoms with Crippen LogP contribution in [0.1, 0.15) is 44.0 Å². The molecule has 1 amide bonds. The molecule has 4 nitrogen and oxygen atoms in total. The second-order valence-electron chi connectivity index (χ2n) is 6.13. The molecule has 0 bridgehead atoms. The minimum absolute atomic E-state index is 0.145. The van der Waals surface area contributed by atoms with Gasteiger partial charge in [0.25, 0.3) is 5.91 Å². The molecule has 0 saturated carbocycles. The van der Waals surface area contributed by atoms with Crippen LogP contribution in [0.2, 0.25) is 5.02 Å². The van der Waals surface area contributed by atoms with Crippen LogP contribution in [-0.2, 0) is 4.79 Å². The van der Waals surface area contributed by atoms with Gasteiger partial charge in [0.05, 0.1) is 17.0 Å². The molecule has 0 spiro atoms. The molecule has 0 aliphatic rings. The van der Waals surface area contributed by atoms with E-state index >= 15 is 0 Å². The zero-order chi connectivity index (χ0) is 16.2. The van der Waals surface area contributed by atoms with Crippen molar-refractivity contribution in [3.05, 3.63) is 34.6 Å². The predicted molar refractivity (Wildman–Crippen MR) is 79.0 cm³/mol. The number of carbonyl (C=O) groups is 2. The predicted octanol–water partition coefficient (Wildman–Crippen LogP) is 3.49. The van der Waals surface area contributed by atoms with Gasteiger partial charge >= 0.3 is 5.97 Å². The summed E-state index contributed by atoms with van der Waals surface area (Å²) in [5.41, 5.74) is -0.355. The summed E-state index contributed by atoms with van der Waals surface area (Å²) in [6.07, 6.45) is 0.248. The maximum absolute atomic E-state index is 13.8. The third-order valence-corrected chi connectivity index (χ3v) is 3.10. The molecule has 1 aromatic rings. The number of hydrogen-bond acceptors (Lipinski definition) is 2. The number of aliphatic carboxylic acids is 1. The minimum atomic E-state index is -1.02. The Labute approximate surface area is 128 Å². The summed E-state index contributed by atoms with van der Waals surface area (Å²) in [7, 11) is 0. The van der Waals surface area contributed by atoms with E-state index in [9.17, 15) is 14.0 Å². The zero-order valence-corrected chi connectivity index (χ0v) is 13.0. The number of amides is 1. The van der Waals surface area contributed by atoms with Crippen LogP contribution in [0.25, 0.3) is 0 Å². The second-order valence-corrected chi connectivity index (χ2v) is 6.54. The number of carbonyl (C=O) groups excluding carboxylic acids is 1. The molecule has 6 heteroatoms. The highest BCUT2D eigenvalue weighted by molar-refractivity contribution is 6.31. The van der Waals surface area contributed by atoms with Gasteiger partial charge in [0, 0.05) is 6.04 Å². The van der Waals surface area contributed by atoms with E-state index in [1.54, 1.807) is 0 Å². The molecule has 0 saturated heterocycles. The fourth-order valence-electron chi connectivity index (χ4n) is 2.07. The van der Waals surface area contributed by atoms with Crippen LogP contribution in [0.4, 0.5) is 4.39 Å². The van der Waals surface area contributed by atoms with Crippen LogP contribution in [-0.4, -0.2) is 23.0 Å². The van der Waals surface area contributed by atoms with E-state index in [0.717, 1.165) is 0 Å². The third kappa shape index (κ3) is 5.71. The maximum Gasteiger partial charge on any atom is 0.305 e. The highest BCUT2D eigenvalue weighted by atomic mass is 35.5. The Bertz CT molecular complexity index is 540. The Balaban J connectivity index is 2.89. The van der Waals surface area contributed by atoms with E-state index in [1.807, 2.05) is 20.8 Å². The van der Waals surface area contributed by atoms with Crippen LogP contribution >= 0.6 is 11.6 Å². The van der Waals surface area contributed by atoms with Crippen molar-refractivity contribution in [3.8, 4) is 0 Å². The summed E-state index contributed by atoms with van der Waals surface area (Å²) in [4.78, 5) is 23.0. The molecule has 0 radical (unpaired) electrons. The Kier molecular flexibility index (Phi) is 5.72. The van der Waals surface area contributed by atoms with Crippen molar-refractivity contribution in [2.45, 2.75) is 39.7 Å². The Hall–Kier alpha value is -1.62. The first-order valence-corrected chi connectivity index (χ1v) is 6.94. The monoisotopic (exact) mass is 315 g/mol. The number of hydrogen-bond donors (Lipinski definition) is 2. The third-order valence-electron chi connectivity index (χ3n) is 2.81. The summed E-state index contributed by atoms with van der Waals surface area (Å²) >= 11 is 5.64.